The van der Waals surface area contributed by atoms with Crippen molar-refractivity contribution >= 4 is 65.0 Å². The van der Waals surface area contributed by atoms with Crippen molar-refractivity contribution in [1.82, 2.24) is 14.1 Å². The van der Waals surface area contributed by atoms with Gasteiger partial charge in [0, 0.05) is 32.4 Å². The molecule has 3 nitrogen and oxygen atoms in total. The fraction of sp³-hybridized carbons (Fsp3) is 0. The van der Waals surface area contributed by atoms with Crippen molar-refractivity contribution in [3.8, 4) is 22.8 Å². The number of hydrogen-bond acceptors (Lipinski definition) is 2. The summed E-state index contributed by atoms with van der Waals surface area (Å²) in [4.78, 5) is 5.07. The Hall–Kier alpha value is -5.19. The van der Waals surface area contributed by atoms with Gasteiger partial charge in [-0.15, -0.1) is 11.3 Å². The van der Waals surface area contributed by atoms with E-state index in [1.165, 1.54) is 42.7 Å². The smallest absolute Gasteiger partial charge is 0.145 e. The second kappa shape index (κ2) is 8.65. The minimum absolute atomic E-state index is 0.942. The van der Waals surface area contributed by atoms with Crippen molar-refractivity contribution in [1.29, 1.82) is 0 Å². The van der Waals surface area contributed by atoms with E-state index in [0.29, 0.717) is 0 Å². The maximum atomic E-state index is 5.07. The molecule has 6 aromatic carbocycles. The third-order valence-corrected chi connectivity index (χ3v) is 9.15. The van der Waals surface area contributed by atoms with E-state index in [9.17, 15) is 0 Å². The molecule has 0 unspecified atom stereocenters. The van der Waals surface area contributed by atoms with E-state index in [4.69, 9.17) is 4.98 Å². The summed E-state index contributed by atoms with van der Waals surface area (Å²) in [6.45, 7) is 0. The fourth-order valence-electron chi connectivity index (χ4n) is 6.38. The number of fused-ring (bicyclic) bond motifs is 8. The van der Waals surface area contributed by atoms with Crippen LogP contribution in [0.2, 0.25) is 0 Å². The van der Waals surface area contributed by atoms with Gasteiger partial charge in [-0.3, -0.25) is 4.57 Å². The molecule has 3 heterocycles. The zero-order valence-corrected chi connectivity index (χ0v) is 22.8. The second-order valence-corrected chi connectivity index (χ2v) is 11.4. The van der Waals surface area contributed by atoms with Crippen molar-refractivity contribution in [2.75, 3.05) is 0 Å². The summed E-state index contributed by atoms with van der Waals surface area (Å²) in [5.41, 5.74) is 7.88. The Morgan fingerprint density at radius 3 is 2.07 bits per heavy atom. The van der Waals surface area contributed by atoms with Gasteiger partial charge in [-0.2, -0.15) is 0 Å². The Labute approximate surface area is 240 Å². The topological polar surface area (TPSA) is 22.8 Å². The van der Waals surface area contributed by atoms with Crippen LogP contribution in [0.25, 0.3) is 76.5 Å². The van der Waals surface area contributed by atoms with Crippen LogP contribution in [0.15, 0.2) is 139 Å². The summed E-state index contributed by atoms with van der Waals surface area (Å²) in [5, 5.41) is 8.71. The first-order valence-corrected chi connectivity index (χ1v) is 14.7. The van der Waals surface area contributed by atoms with Gasteiger partial charge in [0.1, 0.15) is 5.82 Å². The average molecular weight is 542 g/mol. The minimum Gasteiger partial charge on any atom is -0.309 e. The van der Waals surface area contributed by atoms with Crippen LogP contribution in [0.5, 0.6) is 0 Å². The maximum Gasteiger partial charge on any atom is 0.145 e. The Morgan fingerprint density at radius 2 is 1.20 bits per heavy atom. The lowest BCUT2D eigenvalue weighted by Crippen LogP contribution is -1.98. The van der Waals surface area contributed by atoms with Gasteiger partial charge < -0.3 is 4.57 Å². The zero-order valence-electron chi connectivity index (χ0n) is 22.0. The SMILES string of the molecule is c1ccc(-n2c(-c3ccc(-n4c5ccc6ccccc6c5c5c6sccc6ccc54)cc3)nc3ccccc32)cc1. The highest BCUT2D eigenvalue weighted by Crippen LogP contribution is 2.42. The summed E-state index contributed by atoms with van der Waals surface area (Å²) in [7, 11) is 0. The summed E-state index contributed by atoms with van der Waals surface area (Å²) in [5.74, 6) is 0.942. The lowest BCUT2D eigenvalue weighted by molar-refractivity contribution is 1.10. The molecular formula is C37H23N3S. The third kappa shape index (κ3) is 3.28. The predicted molar refractivity (Wildman–Crippen MR) is 174 cm³/mol. The molecule has 0 N–H and O–H groups in total. The van der Waals surface area contributed by atoms with Crippen molar-refractivity contribution in [3.05, 3.63) is 139 Å². The maximum absolute atomic E-state index is 5.07. The third-order valence-electron chi connectivity index (χ3n) is 8.20. The van der Waals surface area contributed by atoms with Crippen molar-refractivity contribution < 1.29 is 0 Å². The van der Waals surface area contributed by atoms with Crippen LogP contribution in [0, 0.1) is 0 Å². The quantitative estimate of drug-likeness (QED) is 0.218. The summed E-state index contributed by atoms with van der Waals surface area (Å²) in [6, 6.07) is 47.7. The normalized spacial score (nSPS) is 11.9. The van der Waals surface area contributed by atoms with E-state index in [2.05, 4.69) is 142 Å². The van der Waals surface area contributed by atoms with Gasteiger partial charge in [-0.1, -0.05) is 66.7 Å². The molecule has 0 fully saturated rings. The molecule has 41 heavy (non-hydrogen) atoms. The van der Waals surface area contributed by atoms with Gasteiger partial charge in [-0.25, -0.2) is 4.98 Å². The van der Waals surface area contributed by atoms with E-state index >= 15 is 0 Å². The Morgan fingerprint density at radius 1 is 0.488 bits per heavy atom. The molecule has 0 saturated heterocycles. The molecule has 3 aromatic heterocycles. The number of imidazole rings is 1. The molecule has 0 amide bonds. The zero-order chi connectivity index (χ0) is 26.9. The number of thiophene rings is 1. The van der Waals surface area contributed by atoms with E-state index in [1.54, 1.807) is 0 Å². The first kappa shape index (κ1) is 22.6. The molecule has 0 saturated carbocycles. The van der Waals surface area contributed by atoms with Crippen LogP contribution >= 0.6 is 11.3 Å². The van der Waals surface area contributed by atoms with Crippen molar-refractivity contribution in [3.63, 3.8) is 0 Å². The Bertz CT molecular complexity index is 2410. The van der Waals surface area contributed by atoms with Gasteiger partial charge in [0.2, 0.25) is 0 Å². The fourth-order valence-corrected chi connectivity index (χ4v) is 7.33. The molecule has 0 radical (unpaired) electrons. The van der Waals surface area contributed by atoms with Crippen LogP contribution in [-0.2, 0) is 0 Å². The molecule has 9 rings (SSSR count). The highest BCUT2D eigenvalue weighted by Gasteiger charge is 2.19. The van der Waals surface area contributed by atoms with Crippen LogP contribution in [-0.4, -0.2) is 14.1 Å². The lowest BCUT2D eigenvalue weighted by atomic mass is 10.0. The van der Waals surface area contributed by atoms with Gasteiger partial charge in [0.15, 0.2) is 0 Å². The molecule has 0 atom stereocenters. The molecule has 0 bridgehead atoms. The van der Waals surface area contributed by atoms with Gasteiger partial charge in [0.05, 0.1) is 22.1 Å². The summed E-state index contributed by atoms with van der Waals surface area (Å²) in [6.07, 6.45) is 0. The number of hydrogen-bond donors (Lipinski definition) is 0. The molecule has 0 aliphatic rings. The molecule has 0 aliphatic carbocycles. The van der Waals surface area contributed by atoms with E-state index < -0.39 is 0 Å². The van der Waals surface area contributed by atoms with Crippen molar-refractivity contribution in [2.45, 2.75) is 0 Å². The van der Waals surface area contributed by atoms with Gasteiger partial charge >= 0.3 is 0 Å². The molecule has 0 aliphatic heterocycles. The first-order valence-electron chi connectivity index (χ1n) is 13.8. The van der Waals surface area contributed by atoms with Crippen LogP contribution in [0.4, 0.5) is 0 Å². The Balaban J connectivity index is 1.29. The standard InChI is InChI=1S/C37H23N3S/c1-2-9-27(10-3-1)40-31-13-7-6-12-30(31)38-37(40)26-14-18-28(19-15-26)39-32-20-16-24-8-4-5-11-29(24)34(32)35-33(39)21-17-25-22-23-41-36(25)35/h1-23H. The van der Waals surface area contributed by atoms with Crippen LogP contribution in [0.1, 0.15) is 0 Å². The van der Waals surface area contributed by atoms with Crippen LogP contribution < -0.4 is 0 Å². The first-order chi connectivity index (χ1) is 20.3. The van der Waals surface area contributed by atoms with Gasteiger partial charge in [-0.05, 0) is 88.3 Å². The van der Waals surface area contributed by atoms with Crippen molar-refractivity contribution in [2.24, 2.45) is 0 Å². The number of rotatable bonds is 3. The highest BCUT2D eigenvalue weighted by atomic mass is 32.1. The largest absolute Gasteiger partial charge is 0.309 e. The number of nitrogens with zero attached hydrogens (tertiary/aromatic N) is 3. The summed E-state index contributed by atoms with van der Waals surface area (Å²) >= 11 is 1.83. The second-order valence-electron chi connectivity index (χ2n) is 10.5. The minimum atomic E-state index is 0.942. The van der Waals surface area contributed by atoms with Gasteiger partial charge in [0.25, 0.3) is 0 Å². The average Bonchev–Trinajstić information content (AvgIpc) is 3.75. The van der Waals surface area contributed by atoms with E-state index in [-0.39, 0.29) is 0 Å². The number of benzene rings is 6. The summed E-state index contributed by atoms with van der Waals surface area (Å²) < 4.78 is 6.01. The number of aromatic nitrogens is 3. The van der Waals surface area contributed by atoms with Crippen LogP contribution in [0.3, 0.4) is 0 Å². The molecule has 4 heteroatoms. The molecule has 192 valence electrons. The molecule has 9 aromatic rings. The molecule has 0 spiro atoms. The highest BCUT2D eigenvalue weighted by molar-refractivity contribution is 7.18. The van der Waals surface area contributed by atoms with E-state index in [1.807, 2.05) is 17.4 Å². The lowest BCUT2D eigenvalue weighted by Gasteiger charge is -2.12. The number of para-hydroxylation sites is 3. The predicted octanol–water partition coefficient (Wildman–Crippen LogP) is 10.2. The Kier molecular flexibility index (Phi) is 4.77. The van der Waals surface area contributed by atoms with E-state index in [0.717, 1.165) is 33.8 Å². The monoisotopic (exact) mass is 541 g/mol. The molecular weight excluding hydrogens is 518 g/mol.